The minimum absolute atomic E-state index is 0.0370. The smallest absolute Gasteiger partial charge is 0.381 e. The highest BCUT2D eigenvalue weighted by Gasteiger charge is 2.31. The fraction of sp³-hybridized carbons (Fsp3) is 0.517. The summed E-state index contributed by atoms with van der Waals surface area (Å²) in [6.07, 6.45) is 0.503. The Bertz CT molecular complexity index is 1410. The number of benzene rings is 1. The molecule has 0 aliphatic carbocycles. The first kappa shape index (κ1) is 29.0. The molecule has 0 radical (unpaired) electrons. The lowest BCUT2D eigenvalue weighted by Gasteiger charge is -2.38. The average Bonchev–Trinajstić information content (AvgIpc) is 3.54. The molecule has 12 heteroatoms. The maximum absolute atomic E-state index is 13.6. The van der Waals surface area contributed by atoms with Gasteiger partial charge in [-0.15, -0.1) is 0 Å². The van der Waals surface area contributed by atoms with Crippen LogP contribution in [0, 0.1) is 17.8 Å². The first-order chi connectivity index (χ1) is 19.8. The van der Waals surface area contributed by atoms with Crippen molar-refractivity contribution in [3.63, 3.8) is 0 Å². The zero-order chi connectivity index (χ0) is 28.8. The highest BCUT2D eigenvalue weighted by Crippen LogP contribution is 2.32. The number of anilines is 1. The molecule has 0 saturated carbocycles. The number of carbonyl (C=O) groups is 1. The predicted octanol–water partition coefficient (Wildman–Crippen LogP) is 3.35. The van der Waals surface area contributed by atoms with Crippen LogP contribution < -0.4 is 10.6 Å². The summed E-state index contributed by atoms with van der Waals surface area (Å²) in [4.78, 5) is 18.9. The fourth-order valence-corrected chi connectivity index (χ4v) is 5.44. The SMILES string of the molecule is CN1CCC2Nc3cccc4c3cc(n4CC(F)(F)F)C#CCNC(=O)c3cn(cn3)CCOCCOCCC2C1. The number of likely N-dealkylation sites (tertiary alicyclic amines) is 1. The quantitative estimate of drug-likeness (QED) is 0.436. The molecule has 9 nitrogen and oxygen atoms in total. The number of hydrogen-bond acceptors (Lipinski definition) is 6. The van der Waals surface area contributed by atoms with E-state index in [1.54, 1.807) is 35.3 Å². The largest absolute Gasteiger partial charge is 0.406 e. The third-order valence-corrected chi connectivity index (χ3v) is 7.48. The van der Waals surface area contributed by atoms with E-state index in [-0.39, 0.29) is 24.0 Å². The highest BCUT2D eigenvalue weighted by atomic mass is 19.4. The lowest BCUT2D eigenvalue weighted by Crippen LogP contribution is -2.45. The molecular weight excluding hydrogens is 537 g/mol. The number of alkyl halides is 3. The molecule has 2 aromatic heterocycles. The van der Waals surface area contributed by atoms with Crippen LogP contribution in [-0.2, 0) is 22.6 Å². The van der Waals surface area contributed by atoms with Gasteiger partial charge in [0.1, 0.15) is 12.2 Å². The molecule has 2 unspecified atom stereocenters. The Morgan fingerprint density at radius 2 is 1.95 bits per heavy atom. The van der Waals surface area contributed by atoms with Gasteiger partial charge in [-0.05, 0) is 56.5 Å². The standard InChI is InChI=1S/C29H35F3N6O3/c1-36-10-7-24-21(17-36)8-12-40-14-15-41-13-11-37-18-26(34-20-37)28(39)33-9-3-4-22-16-23-25(35-24)5-2-6-27(23)38(22)19-29(30,31)32/h2,5-6,16,18,20-21,24,35H,7-15,17,19H2,1H3,(H,33,39). The van der Waals surface area contributed by atoms with Crippen molar-refractivity contribution in [3.8, 4) is 11.8 Å². The molecule has 3 aromatic rings. The van der Waals surface area contributed by atoms with Gasteiger partial charge in [-0.1, -0.05) is 12.0 Å². The third-order valence-electron chi connectivity index (χ3n) is 7.48. The van der Waals surface area contributed by atoms with E-state index in [4.69, 9.17) is 9.47 Å². The number of amides is 1. The van der Waals surface area contributed by atoms with E-state index >= 15 is 0 Å². The maximum atomic E-state index is 13.6. The topological polar surface area (TPSA) is 85.6 Å². The Balaban J connectivity index is 1.44. The molecule has 2 N–H and O–H groups in total. The Morgan fingerprint density at radius 3 is 2.78 bits per heavy atom. The number of fused-ring (bicyclic) bond motifs is 4. The van der Waals surface area contributed by atoms with E-state index in [1.165, 1.54) is 4.57 Å². The van der Waals surface area contributed by atoms with Gasteiger partial charge in [-0.25, -0.2) is 4.98 Å². The first-order valence-electron chi connectivity index (χ1n) is 13.9. The zero-order valence-electron chi connectivity index (χ0n) is 23.0. The molecule has 1 saturated heterocycles. The summed E-state index contributed by atoms with van der Waals surface area (Å²) in [5.74, 6) is 5.55. The molecule has 1 aromatic carbocycles. The van der Waals surface area contributed by atoms with Crippen molar-refractivity contribution in [2.24, 2.45) is 5.92 Å². The number of ether oxygens (including phenoxy) is 2. The van der Waals surface area contributed by atoms with Gasteiger partial charge in [0.15, 0.2) is 0 Å². The molecule has 1 amide bonds. The molecular formula is C29H35F3N6O3. The number of imidazole rings is 1. The summed E-state index contributed by atoms with van der Waals surface area (Å²) in [5, 5.41) is 6.99. The first-order valence-corrected chi connectivity index (χ1v) is 13.9. The van der Waals surface area contributed by atoms with Crippen molar-refractivity contribution in [2.75, 3.05) is 58.4 Å². The molecule has 5 rings (SSSR count). The van der Waals surface area contributed by atoms with Crippen LogP contribution in [0.15, 0.2) is 36.8 Å². The van der Waals surface area contributed by atoms with Gasteiger partial charge >= 0.3 is 6.18 Å². The van der Waals surface area contributed by atoms with Crippen molar-refractivity contribution in [3.05, 3.63) is 48.2 Å². The number of aromatic nitrogens is 3. The van der Waals surface area contributed by atoms with E-state index in [0.717, 1.165) is 31.6 Å². The summed E-state index contributed by atoms with van der Waals surface area (Å²) in [7, 11) is 2.10. The number of piperidine rings is 1. The number of halogens is 3. The second-order valence-corrected chi connectivity index (χ2v) is 10.5. The molecule has 4 heterocycles. The van der Waals surface area contributed by atoms with Crippen LogP contribution in [0.3, 0.4) is 0 Å². The van der Waals surface area contributed by atoms with Gasteiger partial charge in [0, 0.05) is 43.0 Å². The monoisotopic (exact) mass is 572 g/mol. The van der Waals surface area contributed by atoms with Crippen LogP contribution in [0.1, 0.15) is 29.0 Å². The lowest BCUT2D eigenvalue weighted by atomic mass is 9.89. The van der Waals surface area contributed by atoms with Crippen LogP contribution in [0.2, 0.25) is 0 Å². The van der Waals surface area contributed by atoms with Crippen LogP contribution >= 0.6 is 0 Å². The molecule has 2 aliphatic rings. The Kier molecular flexibility index (Phi) is 9.17. The van der Waals surface area contributed by atoms with Gasteiger partial charge in [0.2, 0.25) is 0 Å². The summed E-state index contributed by atoms with van der Waals surface area (Å²) in [5.41, 5.74) is 1.69. The van der Waals surface area contributed by atoms with Crippen LogP contribution in [0.4, 0.5) is 18.9 Å². The predicted molar refractivity (Wildman–Crippen MR) is 149 cm³/mol. The second-order valence-electron chi connectivity index (χ2n) is 10.5. The van der Waals surface area contributed by atoms with Crippen LogP contribution in [0.25, 0.3) is 10.9 Å². The number of carbonyl (C=O) groups excluding carboxylic acids is 1. The second kappa shape index (κ2) is 13.0. The summed E-state index contributed by atoms with van der Waals surface area (Å²) in [6, 6.07) is 7.20. The van der Waals surface area contributed by atoms with Gasteiger partial charge in [-0.3, -0.25) is 4.79 Å². The Morgan fingerprint density at radius 1 is 1.12 bits per heavy atom. The summed E-state index contributed by atoms with van der Waals surface area (Å²) < 4.78 is 55.3. The minimum Gasteiger partial charge on any atom is -0.381 e. The van der Waals surface area contributed by atoms with Gasteiger partial charge in [0.05, 0.1) is 43.9 Å². The normalized spacial score (nSPS) is 21.9. The highest BCUT2D eigenvalue weighted by molar-refractivity contribution is 5.94. The van der Waals surface area contributed by atoms with Crippen molar-refractivity contribution in [1.82, 2.24) is 24.3 Å². The number of rotatable bonds is 1. The van der Waals surface area contributed by atoms with Gasteiger partial charge in [-0.2, -0.15) is 13.2 Å². The fourth-order valence-electron chi connectivity index (χ4n) is 5.44. The van der Waals surface area contributed by atoms with Crippen LogP contribution in [0.5, 0.6) is 0 Å². The van der Waals surface area contributed by atoms with Crippen LogP contribution in [-0.4, -0.2) is 90.3 Å². The Labute approximate surface area is 237 Å². The van der Waals surface area contributed by atoms with Gasteiger partial charge < -0.3 is 34.1 Å². The molecule has 1 fully saturated rings. The van der Waals surface area contributed by atoms with Crippen molar-refractivity contribution in [2.45, 2.75) is 38.1 Å². The molecule has 2 atom stereocenters. The average molecular weight is 573 g/mol. The van der Waals surface area contributed by atoms with Crippen molar-refractivity contribution >= 4 is 22.5 Å². The van der Waals surface area contributed by atoms with E-state index in [9.17, 15) is 18.0 Å². The number of hydrogen-bond donors (Lipinski definition) is 2. The summed E-state index contributed by atoms with van der Waals surface area (Å²) in [6.45, 7) is 3.15. The van der Waals surface area contributed by atoms with E-state index in [0.29, 0.717) is 49.8 Å². The number of nitrogens with zero attached hydrogens (tertiary/aromatic N) is 4. The zero-order valence-corrected chi connectivity index (χ0v) is 23.0. The molecule has 4 bridgehead atoms. The minimum atomic E-state index is -4.43. The summed E-state index contributed by atoms with van der Waals surface area (Å²) >= 11 is 0. The lowest BCUT2D eigenvalue weighted by molar-refractivity contribution is -0.140. The van der Waals surface area contributed by atoms with E-state index in [1.807, 2.05) is 6.07 Å². The third kappa shape index (κ3) is 7.61. The molecule has 0 spiro atoms. The maximum Gasteiger partial charge on any atom is 0.406 e. The van der Waals surface area contributed by atoms with Gasteiger partial charge in [0.25, 0.3) is 5.91 Å². The molecule has 220 valence electrons. The van der Waals surface area contributed by atoms with Crippen molar-refractivity contribution in [1.29, 1.82) is 0 Å². The van der Waals surface area contributed by atoms with Crippen molar-refractivity contribution < 1.29 is 27.4 Å². The number of nitrogens with one attached hydrogen (secondary N) is 2. The Hall–Kier alpha value is -3.53. The molecule has 41 heavy (non-hydrogen) atoms. The van der Waals surface area contributed by atoms with E-state index < -0.39 is 18.6 Å². The molecule has 2 aliphatic heterocycles. The van der Waals surface area contributed by atoms with E-state index in [2.05, 4.69) is 39.4 Å².